The number of nitrogens with one attached hydrogen (secondary N) is 1. The molecule has 1 fully saturated rings. The topological polar surface area (TPSA) is 122 Å². The summed E-state index contributed by atoms with van der Waals surface area (Å²) in [5.74, 6) is -1.76. The minimum atomic E-state index is -4.11. The highest BCUT2D eigenvalue weighted by Gasteiger charge is 2.33. The average molecular weight is 476 g/mol. The van der Waals surface area contributed by atoms with Gasteiger partial charge in [-0.2, -0.15) is 4.31 Å². The number of hydrogen-bond acceptors (Lipinski definition) is 8. The number of carbonyl (C=O) groups excluding carboxylic acids is 3. The van der Waals surface area contributed by atoms with Gasteiger partial charge in [0, 0.05) is 31.9 Å². The zero-order chi connectivity index (χ0) is 24.0. The van der Waals surface area contributed by atoms with E-state index in [9.17, 15) is 22.8 Å². The molecule has 0 unspecified atom stereocenters. The van der Waals surface area contributed by atoms with Crippen molar-refractivity contribution in [3.63, 3.8) is 0 Å². The Labute approximate surface area is 192 Å². The molecule has 2 aromatic carbocycles. The lowest BCUT2D eigenvalue weighted by Gasteiger charge is -2.33. The van der Waals surface area contributed by atoms with Gasteiger partial charge in [0.1, 0.15) is 0 Å². The van der Waals surface area contributed by atoms with E-state index in [0.29, 0.717) is 18.8 Å². The highest BCUT2D eigenvalue weighted by atomic mass is 32.2. The SMILES string of the molecule is COC(=O)c1ccc(C(=O)OC)c(S(=O)(=O)N2CCN(CC(=O)Nc3ccccc3)CC2)c1. The maximum absolute atomic E-state index is 13.3. The molecule has 1 aliphatic heterocycles. The maximum Gasteiger partial charge on any atom is 0.339 e. The number of rotatable bonds is 7. The van der Waals surface area contributed by atoms with E-state index >= 15 is 0 Å². The van der Waals surface area contributed by atoms with Crippen molar-refractivity contribution in [2.75, 3.05) is 52.3 Å². The molecule has 1 amide bonds. The lowest BCUT2D eigenvalue weighted by atomic mass is 10.1. The van der Waals surface area contributed by atoms with Crippen LogP contribution in [0.2, 0.25) is 0 Å². The first-order valence-corrected chi connectivity index (χ1v) is 11.6. The van der Waals surface area contributed by atoms with Gasteiger partial charge >= 0.3 is 11.9 Å². The number of benzene rings is 2. The molecule has 1 N–H and O–H groups in total. The van der Waals surface area contributed by atoms with Gasteiger partial charge in [-0.05, 0) is 30.3 Å². The first-order valence-electron chi connectivity index (χ1n) is 10.1. The van der Waals surface area contributed by atoms with Gasteiger partial charge in [0.2, 0.25) is 15.9 Å². The number of methoxy groups -OCH3 is 2. The van der Waals surface area contributed by atoms with Gasteiger partial charge in [0.15, 0.2) is 0 Å². The van der Waals surface area contributed by atoms with Gasteiger partial charge in [-0.3, -0.25) is 9.69 Å². The lowest BCUT2D eigenvalue weighted by molar-refractivity contribution is -0.117. The quantitative estimate of drug-likeness (QED) is 0.593. The Hall–Kier alpha value is -3.28. The fourth-order valence-electron chi connectivity index (χ4n) is 3.45. The van der Waals surface area contributed by atoms with Crippen LogP contribution in [0, 0.1) is 0 Å². The largest absolute Gasteiger partial charge is 0.465 e. The van der Waals surface area contributed by atoms with Crippen molar-refractivity contribution in [2.45, 2.75) is 4.90 Å². The Morgan fingerprint density at radius 2 is 1.55 bits per heavy atom. The molecule has 0 atom stereocenters. The third-order valence-corrected chi connectivity index (χ3v) is 7.12. The number of sulfonamides is 1. The number of piperazine rings is 1. The van der Waals surface area contributed by atoms with Gasteiger partial charge in [0.25, 0.3) is 0 Å². The number of ether oxygens (including phenoxy) is 2. The molecule has 33 heavy (non-hydrogen) atoms. The van der Waals surface area contributed by atoms with E-state index in [4.69, 9.17) is 4.74 Å². The van der Waals surface area contributed by atoms with Crippen LogP contribution in [-0.2, 0) is 24.3 Å². The number of amides is 1. The minimum Gasteiger partial charge on any atom is -0.465 e. The second-order valence-corrected chi connectivity index (χ2v) is 9.19. The Bertz CT molecular complexity index is 1130. The van der Waals surface area contributed by atoms with Crippen LogP contribution in [0.5, 0.6) is 0 Å². The predicted molar refractivity (Wildman–Crippen MR) is 119 cm³/mol. The van der Waals surface area contributed by atoms with E-state index in [2.05, 4.69) is 10.1 Å². The molecule has 176 valence electrons. The van der Waals surface area contributed by atoms with Gasteiger partial charge in [-0.25, -0.2) is 18.0 Å². The normalized spacial score (nSPS) is 15.0. The third kappa shape index (κ3) is 5.75. The molecule has 0 spiro atoms. The third-order valence-electron chi connectivity index (χ3n) is 5.18. The predicted octanol–water partition coefficient (Wildman–Crippen LogP) is 1.20. The summed E-state index contributed by atoms with van der Waals surface area (Å²) in [5, 5.41) is 2.80. The number of esters is 2. The molecular weight excluding hydrogens is 450 g/mol. The van der Waals surface area contributed by atoms with Crippen molar-refractivity contribution in [3.05, 3.63) is 59.7 Å². The van der Waals surface area contributed by atoms with E-state index in [-0.39, 0.29) is 41.6 Å². The van der Waals surface area contributed by atoms with Crippen molar-refractivity contribution in [2.24, 2.45) is 0 Å². The number of nitrogens with zero attached hydrogens (tertiary/aromatic N) is 2. The summed E-state index contributed by atoms with van der Waals surface area (Å²) in [6, 6.07) is 12.7. The molecule has 1 aliphatic rings. The number of anilines is 1. The van der Waals surface area contributed by atoms with E-state index in [0.717, 1.165) is 13.2 Å². The van der Waals surface area contributed by atoms with Crippen LogP contribution in [0.25, 0.3) is 0 Å². The molecule has 3 rings (SSSR count). The summed E-state index contributed by atoms with van der Waals surface area (Å²) in [4.78, 5) is 37.9. The zero-order valence-corrected chi connectivity index (χ0v) is 19.1. The molecule has 0 bridgehead atoms. The standard InChI is InChI=1S/C22H25N3O7S/c1-31-21(27)16-8-9-18(22(28)32-2)19(14-16)33(29,30)25-12-10-24(11-13-25)15-20(26)23-17-6-4-3-5-7-17/h3-9,14H,10-13,15H2,1-2H3,(H,23,26). The van der Waals surface area contributed by atoms with Crippen LogP contribution < -0.4 is 5.32 Å². The average Bonchev–Trinajstić information content (AvgIpc) is 2.83. The van der Waals surface area contributed by atoms with Crippen molar-refractivity contribution in [3.8, 4) is 0 Å². The number of para-hydroxylation sites is 1. The van der Waals surface area contributed by atoms with Crippen LogP contribution in [0.15, 0.2) is 53.4 Å². The molecule has 2 aromatic rings. The van der Waals surface area contributed by atoms with Crippen LogP contribution >= 0.6 is 0 Å². The molecular formula is C22H25N3O7S. The number of hydrogen-bond donors (Lipinski definition) is 1. The maximum atomic E-state index is 13.3. The van der Waals surface area contributed by atoms with Crippen LogP contribution in [-0.4, -0.2) is 82.4 Å². The van der Waals surface area contributed by atoms with Crippen molar-refractivity contribution < 1.29 is 32.3 Å². The summed E-state index contributed by atoms with van der Waals surface area (Å²) in [6.45, 7) is 0.999. The Balaban J connectivity index is 1.72. The summed E-state index contributed by atoms with van der Waals surface area (Å²) < 4.78 is 37.2. The van der Waals surface area contributed by atoms with Gasteiger partial charge in [-0.1, -0.05) is 18.2 Å². The Kier molecular flexibility index (Phi) is 7.79. The molecule has 0 radical (unpaired) electrons. The highest BCUT2D eigenvalue weighted by molar-refractivity contribution is 7.89. The summed E-state index contributed by atoms with van der Waals surface area (Å²) in [5.41, 5.74) is 0.513. The van der Waals surface area contributed by atoms with E-state index in [1.807, 2.05) is 23.1 Å². The van der Waals surface area contributed by atoms with Gasteiger partial charge in [-0.15, -0.1) is 0 Å². The Morgan fingerprint density at radius 3 is 2.15 bits per heavy atom. The van der Waals surface area contributed by atoms with E-state index < -0.39 is 22.0 Å². The van der Waals surface area contributed by atoms with Crippen molar-refractivity contribution >= 4 is 33.6 Å². The van der Waals surface area contributed by atoms with Crippen molar-refractivity contribution in [1.82, 2.24) is 9.21 Å². The molecule has 10 nitrogen and oxygen atoms in total. The molecule has 1 heterocycles. The molecule has 0 aliphatic carbocycles. The summed E-state index contributed by atoms with van der Waals surface area (Å²) in [6.07, 6.45) is 0. The van der Waals surface area contributed by atoms with Gasteiger partial charge in [0.05, 0.1) is 36.8 Å². The van der Waals surface area contributed by atoms with Gasteiger partial charge < -0.3 is 14.8 Å². The smallest absolute Gasteiger partial charge is 0.339 e. The van der Waals surface area contributed by atoms with Crippen LogP contribution in [0.3, 0.4) is 0 Å². The number of carbonyl (C=O) groups is 3. The molecule has 0 aromatic heterocycles. The molecule has 1 saturated heterocycles. The molecule has 0 saturated carbocycles. The first-order chi connectivity index (χ1) is 15.8. The second kappa shape index (κ2) is 10.6. The zero-order valence-electron chi connectivity index (χ0n) is 18.3. The fraction of sp³-hybridized carbons (Fsp3) is 0.318. The van der Waals surface area contributed by atoms with E-state index in [1.54, 1.807) is 12.1 Å². The Morgan fingerprint density at radius 1 is 0.909 bits per heavy atom. The van der Waals surface area contributed by atoms with Crippen LogP contribution in [0.1, 0.15) is 20.7 Å². The van der Waals surface area contributed by atoms with E-state index in [1.165, 1.54) is 23.5 Å². The first kappa shape index (κ1) is 24.4. The second-order valence-electron chi connectivity index (χ2n) is 7.29. The summed E-state index contributed by atoms with van der Waals surface area (Å²) >= 11 is 0. The minimum absolute atomic E-state index is 0.0000490. The van der Waals surface area contributed by atoms with Crippen molar-refractivity contribution in [1.29, 1.82) is 0 Å². The van der Waals surface area contributed by atoms with Crippen LogP contribution in [0.4, 0.5) is 5.69 Å². The summed E-state index contributed by atoms with van der Waals surface area (Å²) in [7, 11) is -1.79. The highest BCUT2D eigenvalue weighted by Crippen LogP contribution is 2.24. The monoisotopic (exact) mass is 475 g/mol. The lowest BCUT2D eigenvalue weighted by Crippen LogP contribution is -2.50. The fourth-order valence-corrected chi connectivity index (χ4v) is 5.08. The molecule has 11 heteroatoms.